The fourth-order valence-electron chi connectivity index (χ4n) is 3.70. The molecule has 0 aliphatic carbocycles. The van der Waals surface area contributed by atoms with Crippen LogP contribution in [0.4, 0.5) is 10.2 Å². The third-order valence-electron chi connectivity index (χ3n) is 5.25. The lowest BCUT2D eigenvalue weighted by Gasteiger charge is -2.33. The lowest BCUT2D eigenvalue weighted by molar-refractivity contribution is 0.160. The normalized spacial score (nSPS) is 18.1. The van der Waals surface area contributed by atoms with E-state index < -0.39 is 0 Å². The van der Waals surface area contributed by atoms with E-state index in [1.807, 2.05) is 0 Å². The maximum atomic E-state index is 13.2. The predicted molar refractivity (Wildman–Crippen MR) is 103 cm³/mol. The van der Waals surface area contributed by atoms with Gasteiger partial charge in [0.15, 0.2) is 0 Å². The highest BCUT2D eigenvalue weighted by Gasteiger charge is 2.18. The van der Waals surface area contributed by atoms with Crippen molar-refractivity contribution in [2.75, 3.05) is 25.0 Å². The lowest BCUT2D eigenvalue weighted by Crippen LogP contribution is -2.38. The molecule has 1 fully saturated rings. The van der Waals surface area contributed by atoms with Gasteiger partial charge in [0.05, 0.1) is 0 Å². The van der Waals surface area contributed by atoms with Crippen LogP contribution in [0.25, 0.3) is 22.4 Å². The first-order valence-corrected chi connectivity index (χ1v) is 9.56. The molecule has 1 N–H and O–H groups in total. The molecule has 0 spiro atoms. The molecule has 3 aromatic rings. The van der Waals surface area contributed by atoms with Crippen LogP contribution in [-0.2, 0) is 0 Å². The van der Waals surface area contributed by atoms with E-state index in [0.717, 1.165) is 30.5 Å². The molecule has 1 aliphatic rings. The summed E-state index contributed by atoms with van der Waals surface area (Å²) in [7, 11) is 0. The highest BCUT2D eigenvalue weighted by Crippen LogP contribution is 2.31. The van der Waals surface area contributed by atoms with Gasteiger partial charge in [0.2, 0.25) is 0 Å². The summed E-state index contributed by atoms with van der Waals surface area (Å²) >= 11 is 0. The quantitative estimate of drug-likeness (QED) is 0.660. The summed E-state index contributed by atoms with van der Waals surface area (Å²) in [6.07, 6.45) is 6.44. The zero-order chi connectivity index (χ0) is 18.6. The average molecular weight is 369 g/mol. The fourth-order valence-corrected chi connectivity index (χ4v) is 3.70. The molecule has 6 nitrogen and oxygen atoms in total. The molecular formula is C20H24FN5O. The third-order valence-corrected chi connectivity index (χ3v) is 5.25. The van der Waals surface area contributed by atoms with Gasteiger partial charge in [0, 0.05) is 24.7 Å². The van der Waals surface area contributed by atoms with Gasteiger partial charge in [0.1, 0.15) is 29.0 Å². The van der Waals surface area contributed by atoms with Crippen LogP contribution in [0, 0.1) is 5.82 Å². The summed E-state index contributed by atoms with van der Waals surface area (Å²) in [5.74, 6) is 0.417. The zero-order valence-electron chi connectivity index (χ0n) is 15.5. The Hall–Kier alpha value is -2.54. The Bertz CT molecular complexity index is 895. The minimum Gasteiger partial charge on any atom is -0.369 e. The second kappa shape index (κ2) is 8.00. The molecular weight excluding hydrogens is 345 g/mol. The summed E-state index contributed by atoms with van der Waals surface area (Å²) in [5.41, 5.74) is 1.82. The first kappa shape index (κ1) is 17.9. The summed E-state index contributed by atoms with van der Waals surface area (Å²) in [6, 6.07) is 6.86. The largest absolute Gasteiger partial charge is 0.369 e. The van der Waals surface area contributed by atoms with E-state index in [9.17, 15) is 4.39 Å². The molecule has 142 valence electrons. The maximum Gasteiger partial charge on any atom is 0.263 e. The summed E-state index contributed by atoms with van der Waals surface area (Å²) in [6.45, 7) is 5.40. The van der Waals surface area contributed by atoms with Crippen molar-refractivity contribution in [2.45, 2.75) is 38.6 Å². The second-order valence-electron chi connectivity index (χ2n) is 7.10. The van der Waals surface area contributed by atoms with E-state index in [1.54, 1.807) is 12.1 Å². The number of fused-ring (bicyclic) bond motifs is 1. The van der Waals surface area contributed by atoms with Crippen LogP contribution in [0.1, 0.15) is 32.6 Å². The molecule has 3 heterocycles. The topological polar surface area (TPSA) is 67.1 Å². The van der Waals surface area contributed by atoms with Crippen molar-refractivity contribution in [1.82, 2.24) is 20.0 Å². The van der Waals surface area contributed by atoms with Crippen LogP contribution < -0.4 is 5.32 Å². The van der Waals surface area contributed by atoms with Gasteiger partial charge in [-0.15, -0.1) is 0 Å². The summed E-state index contributed by atoms with van der Waals surface area (Å²) in [5, 5.41) is 8.25. The molecule has 2 aromatic heterocycles. The van der Waals surface area contributed by atoms with Crippen LogP contribution in [0.3, 0.4) is 0 Å². The van der Waals surface area contributed by atoms with Gasteiger partial charge in [-0.3, -0.25) is 0 Å². The molecule has 1 saturated heterocycles. The lowest BCUT2D eigenvalue weighted by atomic mass is 10.0. The van der Waals surface area contributed by atoms with Crippen molar-refractivity contribution < 1.29 is 8.91 Å². The highest BCUT2D eigenvalue weighted by molar-refractivity contribution is 5.97. The van der Waals surface area contributed by atoms with Crippen molar-refractivity contribution >= 4 is 16.9 Å². The van der Waals surface area contributed by atoms with E-state index in [1.165, 1.54) is 44.3 Å². The van der Waals surface area contributed by atoms with E-state index in [-0.39, 0.29) is 5.82 Å². The molecule has 7 heteroatoms. The Morgan fingerprint density at radius 3 is 2.89 bits per heavy atom. The first-order chi connectivity index (χ1) is 13.2. The van der Waals surface area contributed by atoms with Gasteiger partial charge in [-0.25, -0.2) is 9.37 Å². The molecule has 0 amide bonds. The minimum atomic E-state index is -0.284. The zero-order valence-corrected chi connectivity index (χ0v) is 15.5. The number of hydrogen-bond donors (Lipinski definition) is 1. The first-order valence-electron chi connectivity index (χ1n) is 9.56. The number of aromatic nitrogens is 3. The van der Waals surface area contributed by atoms with E-state index in [4.69, 9.17) is 4.52 Å². The van der Waals surface area contributed by atoms with Gasteiger partial charge in [-0.2, -0.15) is 4.98 Å². The average Bonchev–Trinajstić information content (AvgIpc) is 3.12. The van der Waals surface area contributed by atoms with Crippen LogP contribution >= 0.6 is 0 Å². The molecule has 0 bridgehead atoms. The van der Waals surface area contributed by atoms with Crippen molar-refractivity contribution in [3.8, 4) is 11.3 Å². The highest BCUT2D eigenvalue weighted by atomic mass is 19.1. The van der Waals surface area contributed by atoms with Gasteiger partial charge in [-0.1, -0.05) is 11.6 Å². The van der Waals surface area contributed by atoms with Gasteiger partial charge in [-0.05, 0) is 57.0 Å². The Labute approximate surface area is 157 Å². The molecule has 4 rings (SSSR count). The standard InChI is InChI=1S/C20H24FN5O/c1-14-5-2-3-11-26(14)12-4-10-22-19-17-18(15-6-8-16(21)9-7-15)25-27-20(17)24-13-23-19/h6-9,13-14H,2-5,10-12H2,1H3,(H,22,23,24). The van der Waals surface area contributed by atoms with Crippen molar-refractivity contribution in [1.29, 1.82) is 0 Å². The van der Waals surface area contributed by atoms with Crippen LogP contribution in [0.15, 0.2) is 35.1 Å². The second-order valence-corrected chi connectivity index (χ2v) is 7.10. The minimum absolute atomic E-state index is 0.284. The van der Waals surface area contributed by atoms with Crippen molar-refractivity contribution in [3.63, 3.8) is 0 Å². The molecule has 0 radical (unpaired) electrons. The van der Waals surface area contributed by atoms with E-state index in [2.05, 4.69) is 32.3 Å². The van der Waals surface area contributed by atoms with E-state index in [0.29, 0.717) is 23.3 Å². The number of piperidine rings is 1. The predicted octanol–water partition coefficient (Wildman–Crippen LogP) is 4.10. The Morgan fingerprint density at radius 1 is 1.22 bits per heavy atom. The summed E-state index contributed by atoms with van der Waals surface area (Å²) < 4.78 is 18.6. The molecule has 1 unspecified atom stereocenters. The van der Waals surface area contributed by atoms with Gasteiger partial charge < -0.3 is 14.7 Å². The Kier molecular flexibility index (Phi) is 5.29. The van der Waals surface area contributed by atoms with Crippen molar-refractivity contribution in [2.24, 2.45) is 0 Å². The molecule has 1 atom stereocenters. The molecule has 27 heavy (non-hydrogen) atoms. The molecule has 0 saturated carbocycles. The molecule has 1 aliphatic heterocycles. The number of benzene rings is 1. The van der Waals surface area contributed by atoms with Crippen LogP contribution in [-0.4, -0.2) is 45.7 Å². The monoisotopic (exact) mass is 369 g/mol. The Balaban J connectivity index is 1.47. The SMILES string of the molecule is CC1CCCCN1CCCNc1ncnc2onc(-c3ccc(F)cc3)c12. The summed E-state index contributed by atoms with van der Waals surface area (Å²) in [4.78, 5) is 11.1. The third kappa shape index (κ3) is 3.93. The number of rotatable bonds is 6. The number of hydrogen-bond acceptors (Lipinski definition) is 6. The number of likely N-dealkylation sites (tertiary alicyclic amines) is 1. The van der Waals surface area contributed by atoms with Crippen LogP contribution in [0.5, 0.6) is 0 Å². The number of halogens is 1. The Morgan fingerprint density at radius 2 is 2.07 bits per heavy atom. The van der Waals surface area contributed by atoms with Crippen molar-refractivity contribution in [3.05, 3.63) is 36.4 Å². The maximum absolute atomic E-state index is 13.2. The van der Waals surface area contributed by atoms with Gasteiger partial charge in [0.25, 0.3) is 5.71 Å². The fraction of sp³-hybridized carbons (Fsp3) is 0.450. The van der Waals surface area contributed by atoms with Crippen LogP contribution in [0.2, 0.25) is 0 Å². The molecule has 1 aromatic carbocycles. The number of nitrogens with one attached hydrogen (secondary N) is 1. The van der Waals surface area contributed by atoms with Gasteiger partial charge >= 0.3 is 0 Å². The number of anilines is 1. The number of nitrogens with zero attached hydrogens (tertiary/aromatic N) is 4. The smallest absolute Gasteiger partial charge is 0.263 e. The van der Waals surface area contributed by atoms with E-state index >= 15 is 0 Å².